The third kappa shape index (κ3) is 4.36. The Morgan fingerprint density at radius 2 is 2.09 bits per heavy atom. The molecule has 2 heterocycles. The molecule has 2 aliphatic rings. The molecule has 0 bridgehead atoms. The van der Waals surface area contributed by atoms with E-state index in [4.69, 9.17) is 0 Å². The fourth-order valence-corrected chi connectivity index (χ4v) is 2.98. The van der Waals surface area contributed by atoms with Crippen molar-refractivity contribution in [2.24, 2.45) is 10.9 Å². The molecule has 0 aromatic carbocycles. The molecule has 2 fully saturated rings. The zero-order chi connectivity index (χ0) is 15.2. The fourth-order valence-electron chi connectivity index (χ4n) is 2.98. The lowest BCUT2D eigenvalue weighted by molar-refractivity contribution is 0.459. The van der Waals surface area contributed by atoms with Crippen LogP contribution in [0.4, 0.5) is 5.82 Å². The molecule has 0 atom stereocenters. The number of anilines is 1. The molecule has 0 unspecified atom stereocenters. The number of piperidine rings is 1. The number of hydrogen-bond donors (Lipinski definition) is 2. The van der Waals surface area contributed by atoms with Crippen LogP contribution in [-0.4, -0.2) is 43.7 Å². The van der Waals surface area contributed by atoms with Crippen LogP contribution < -0.4 is 15.5 Å². The lowest BCUT2D eigenvalue weighted by Gasteiger charge is -2.33. The van der Waals surface area contributed by atoms with E-state index >= 15 is 0 Å². The van der Waals surface area contributed by atoms with Crippen LogP contribution in [0.1, 0.15) is 32.1 Å². The molecular weight excluding hydrogens is 274 g/mol. The first kappa shape index (κ1) is 15.1. The second kappa shape index (κ2) is 7.47. The summed E-state index contributed by atoms with van der Waals surface area (Å²) in [5, 5.41) is 7.01. The summed E-state index contributed by atoms with van der Waals surface area (Å²) in [6.45, 7) is 3.14. The molecule has 1 aromatic rings. The maximum absolute atomic E-state index is 4.44. The van der Waals surface area contributed by atoms with Gasteiger partial charge >= 0.3 is 0 Å². The van der Waals surface area contributed by atoms with Crippen molar-refractivity contribution in [1.82, 2.24) is 15.6 Å². The second-order valence-electron chi connectivity index (χ2n) is 6.32. The molecule has 120 valence electrons. The van der Waals surface area contributed by atoms with Gasteiger partial charge in [-0.15, -0.1) is 0 Å². The van der Waals surface area contributed by atoms with E-state index in [1.807, 2.05) is 19.3 Å². The fraction of sp³-hybridized carbons (Fsp3) is 0.647. The Morgan fingerprint density at radius 3 is 2.73 bits per heavy atom. The van der Waals surface area contributed by atoms with Gasteiger partial charge in [-0.05, 0) is 37.3 Å². The predicted octanol–water partition coefficient (Wildman–Crippen LogP) is 2.02. The van der Waals surface area contributed by atoms with Crippen LogP contribution in [0.25, 0.3) is 0 Å². The molecule has 22 heavy (non-hydrogen) atoms. The van der Waals surface area contributed by atoms with E-state index in [-0.39, 0.29) is 0 Å². The Hall–Kier alpha value is -1.78. The van der Waals surface area contributed by atoms with E-state index in [0.717, 1.165) is 50.2 Å². The summed E-state index contributed by atoms with van der Waals surface area (Å²) in [6.07, 6.45) is 8.23. The lowest BCUT2D eigenvalue weighted by Crippen LogP contribution is -2.49. The monoisotopic (exact) mass is 301 g/mol. The van der Waals surface area contributed by atoms with Crippen LogP contribution in [0.5, 0.6) is 0 Å². The van der Waals surface area contributed by atoms with Crippen molar-refractivity contribution >= 4 is 11.8 Å². The molecule has 1 aliphatic heterocycles. The summed E-state index contributed by atoms with van der Waals surface area (Å²) in [6, 6.07) is 6.62. The van der Waals surface area contributed by atoms with Crippen molar-refractivity contribution in [2.45, 2.75) is 38.1 Å². The van der Waals surface area contributed by atoms with Crippen molar-refractivity contribution in [2.75, 3.05) is 31.6 Å². The summed E-state index contributed by atoms with van der Waals surface area (Å²) in [4.78, 5) is 11.1. The third-order valence-electron chi connectivity index (χ3n) is 4.57. The summed E-state index contributed by atoms with van der Waals surface area (Å²) < 4.78 is 0. The van der Waals surface area contributed by atoms with Gasteiger partial charge < -0.3 is 15.5 Å². The number of nitrogens with one attached hydrogen (secondary N) is 2. The Labute approximate surface area is 133 Å². The summed E-state index contributed by atoms with van der Waals surface area (Å²) >= 11 is 0. The van der Waals surface area contributed by atoms with E-state index in [9.17, 15) is 0 Å². The Kier molecular flexibility index (Phi) is 5.14. The second-order valence-corrected chi connectivity index (χ2v) is 6.32. The largest absolute Gasteiger partial charge is 0.356 e. The van der Waals surface area contributed by atoms with Gasteiger partial charge in [0.2, 0.25) is 0 Å². The molecule has 0 spiro atoms. The number of nitrogens with zero attached hydrogens (tertiary/aromatic N) is 3. The van der Waals surface area contributed by atoms with Crippen molar-refractivity contribution in [1.29, 1.82) is 0 Å². The molecule has 1 saturated heterocycles. The molecule has 2 N–H and O–H groups in total. The zero-order valence-corrected chi connectivity index (χ0v) is 13.5. The molecule has 5 nitrogen and oxygen atoms in total. The molecule has 5 heteroatoms. The first-order valence-corrected chi connectivity index (χ1v) is 8.48. The Bertz CT molecular complexity index is 475. The minimum Gasteiger partial charge on any atom is -0.356 e. The van der Waals surface area contributed by atoms with Gasteiger partial charge in [0.1, 0.15) is 5.82 Å². The Balaban J connectivity index is 1.40. The first-order valence-electron chi connectivity index (χ1n) is 8.48. The number of pyridine rings is 1. The van der Waals surface area contributed by atoms with E-state index in [1.54, 1.807) is 0 Å². The van der Waals surface area contributed by atoms with E-state index in [2.05, 4.69) is 37.6 Å². The van der Waals surface area contributed by atoms with E-state index < -0.39 is 0 Å². The highest BCUT2D eigenvalue weighted by Crippen LogP contribution is 2.31. The highest BCUT2D eigenvalue weighted by atomic mass is 15.2. The number of aliphatic imine (C=N–C) groups is 1. The van der Waals surface area contributed by atoms with Crippen LogP contribution in [-0.2, 0) is 0 Å². The maximum atomic E-state index is 4.44. The molecular formula is C17H27N5. The Morgan fingerprint density at radius 1 is 1.27 bits per heavy atom. The number of hydrogen-bond acceptors (Lipinski definition) is 3. The van der Waals surface area contributed by atoms with Crippen molar-refractivity contribution in [3.63, 3.8) is 0 Å². The van der Waals surface area contributed by atoms with Gasteiger partial charge in [-0.3, -0.25) is 4.99 Å². The van der Waals surface area contributed by atoms with E-state index in [0.29, 0.717) is 6.04 Å². The van der Waals surface area contributed by atoms with Gasteiger partial charge in [-0.25, -0.2) is 4.98 Å². The number of rotatable bonds is 5. The maximum Gasteiger partial charge on any atom is 0.191 e. The quantitative estimate of drug-likeness (QED) is 0.645. The topological polar surface area (TPSA) is 52.6 Å². The average Bonchev–Trinajstić information content (AvgIpc) is 3.40. The van der Waals surface area contributed by atoms with Gasteiger partial charge in [-0.2, -0.15) is 0 Å². The smallest absolute Gasteiger partial charge is 0.191 e. The SMILES string of the molecule is CN=C(NCCC1CC1)NC1CCN(c2ccccn2)CC1. The average molecular weight is 301 g/mol. The summed E-state index contributed by atoms with van der Waals surface area (Å²) in [5.74, 6) is 3.01. The third-order valence-corrected chi connectivity index (χ3v) is 4.57. The van der Waals surface area contributed by atoms with Gasteiger partial charge in [0.15, 0.2) is 5.96 Å². The minimum atomic E-state index is 0.507. The lowest BCUT2D eigenvalue weighted by atomic mass is 10.1. The molecule has 0 radical (unpaired) electrons. The van der Waals surface area contributed by atoms with Gasteiger partial charge in [-0.1, -0.05) is 18.9 Å². The van der Waals surface area contributed by atoms with E-state index in [1.165, 1.54) is 19.3 Å². The van der Waals surface area contributed by atoms with Crippen LogP contribution in [0, 0.1) is 5.92 Å². The van der Waals surface area contributed by atoms with Crippen molar-refractivity contribution in [3.8, 4) is 0 Å². The molecule has 3 rings (SSSR count). The molecule has 1 aromatic heterocycles. The van der Waals surface area contributed by atoms with Gasteiger partial charge in [0, 0.05) is 38.9 Å². The van der Waals surface area contributed by atoms with Crippen molar-refractivity contribution in [3.05, 3.63) is 24.4 Å². The molecule has 0 amide bonds. The van der Waals surface area contributed by atoms with Crippen molar-refractivity contribution < 1.29 is 0 Å². The predicted molar refractivity (Wildman–Crippen MR) is 91.3 cm³/mol. The molecule has 1 saturated carbocycles. The number of aromatic nitrogens is 1. The highest BCUT2D eigenvalue weighted by molar-refractivity contribution is 5.79. The summed E-state index contributed by atoms with van der Waals surface area (Å²) in [7, 11) is 1.86. The zero-order valence-electron chi connectivity index (χ0n) is 13.5. The van der Waals surface area contributed by atoms with Gasteiger partial charge in [0.05, 0.1) is 0 Å². The van der Waals surface area contributed by atoms with Crippen LogP contribution >= 0.6 is 0 Å². The molecule has 1 aliphatic carbocycles. The standard InChI is InChI=1S/C17H27N5/c1-18-17(20-11-7-14-5-6-14)21-15-8-12-22(13-9-15)16-4-2-3-10-19-16/h2-4,10,14-15H,5-9,11-13H2,1H3,(H2,18,20,21). The van der Waals surface area contributed by atoms with Gasteiger partial charge in [0.25, 0.3) is 0 Å². The van der Waals surface area contributed by atoms with Crippen LogP contribution in [0.2, 0.25) is 0 Å². The highest BCUT2D eigenvalue weighted by Gasteiger charge is 2.22. The van der Waals surface area contributed by atoms with Crippen LogP contribution in [0.3, 0.4) is 0 Å². The number of guanidine groups is 1. The van der Waals surface area contributed by atoms with Crippen LogP contribution in [0.15, 0.2) is 29.4 Å². The summed E-state index contributed by atoms with van der Waals surface area (Å²) in [5.41, 5.74) is 0. The first-order chi connectivity index (χ1) is 10.8. The minimum absolute atomic E-state index is 0.507. The normalized spacial score (nSPS) is 20.0.